The Morgan fingerprint density at radius 3 is 2.72 bits per heavy atom. The summed E-state index contributed by atoms with van der Waals surface area (Å²) in [5.74, 6) is 0.127. The lowest BCUT2D eigenvalue weighted by atomic mass is 9.91. The molecule has 2 aliphatic carbocycles. The van der Waals surface area contributed by atoms with Gasteiger partial charge in [0.15, 0.2) is 0 Å². The van der Waals surface area contributed by atoms with Crippen LogP contribution in [0.3, 0.4) is 0 Å². The van der Waals surface area contributed by atoms with Gasteiger partial charge in [-0.05, 0) is 61.6 Å². The minimum absolute atomic E-state index is 0.294. The minimum atomic E-state index is -3.55. The fourth-order valence-electron chi connectivity index (χ4n) is 3.83. The number of nitrogens with one attached hydrogen (secondary N) is 1. The van der Waals surface area contributed by atoms with Crippen LogP contribution in [0.4, 0.5) is 5.82 Å². The first kappa shape index (κ1) is 21.9. The Balaban J connectivity index is 1.63. The third-order valence-electron chi connectivity index (χ3n) is 5.67. The molecule has 1 saturated carbocycles. The maximum absolute atomic E-state index is 12.5. The first-order valence-corrected chi connectivity index (χ1v) is 11.9. The SMILES string of the molecule is Cc1ccncc1-c1cc2/c(c(N)n1)=C\CC/C=C(NC(=O)C=C1CC(S(N)(=O)=O)C1)\C=2. The third kappa shape index (κ3) is 4.79. The maximum Gasteiger partial charge on any atom is 0.248 e. The van der Waals surface area contributed by atoms with Crippen molar-refractivity contribution < 1.29 is 13.2 Å². The van der Waals surface area contributed by atoms with Crippen LogP contribution < -0.4 is 26.6 Å². The molecule has 0 bridgehead atoms. The number of aromatic nitrogens is 2. The number of carbonyl (C=O) groups is 1. The number of nitrogen functional groups attached to an aromatic ring is 1. The lowest BCUT2D eigenvalue weighted by molar-refractivity contribution is -0.115. The van der Waals surface area contributed by atoms with E-state index in [0.29, 0.717) is 30.1 Å². The van der Waals surface area contributed by atoms with E-state index < -0.39 is 15.3 Å². The quantitative estimate of drug-likeness (QED) is 0.586. The Morgan fingerprint density at radius 1 is 1.25 bits per heavy atom. The molecule has 0 atom stereocenters. The van der Waals surface area contributed by atoms with Crippen LogP contribution in [0, 0.1) is 6.92 Å². The molecule has 1 amide bonds. The van der Waals surface area contributed by atoms with Gasteiger partial charge in [-0.3, -0.25) is 9.78 Å². The Labute approximate surface area is 186 Å². The van der Waals surface area contributed by atoms with Gasteiger partial charge in [-0.1, -0.05) is 17.7 Å². The van der Waals surface area contributed by atoms with Gasteiger partial charge in [-0.15, -0.1) is 0 Å². The highest BCUT2D eigenvalue weighted by atomic mass is 32.2. The second kappa shape index (κ2) is 8.68. The van der Waals surface area contributed by atoms with E-state index in [2.05, 4.69) is 15.3 Å². The number of anilines is 1. The molecule has 1 fully saturated rings. The number of aryl methyl sites for hydroxylation is 1. The van der Waals surface area contributed by atoms with E-state index in [4.69, 9.17) is 10.9 Å². The molecular formula is C23H25N5O3S. The van der Waals surface area contributed by atoms with E-state index in [1.54, 1.807) is 12.4 Å². The highest BCUT2D eigenvalue weighted by molar-refractivity contribution is 7.89. The third-order valence-corrected chi connectivity index (χ3v) is 6.94. The number of rotatable bonds is 4. The fraction of sp³-hybridized carbons (Fsp3) is 0.261. The topological polar surface area (TPSA) is 141 Å². The molecule has 4 rings (SSSR count). The van der Waals surface area contributed by atoms with Gasteiger partial charge < -0.3 is 11.1 Å². The summed E-state index contributed by atoms with van der Waals surface area (Å²) in [6.07, 6.45) is 12.9. The summed E-state index contributed by atoms with van der Waals surface area (Å²) in [4.78, 5) is 21.3. The summed E-state index contributed by atoms with van der Waals surface area (Å²) in [6, 6.07) is 3.86. The van der Waals surface area contributed by atoms with Crippen LogP contribution >= 0.6 is 0 Å². The predicted molar refractivity (Wildman–Crippen MR) is 124 cm³/mol. The van der Waals surface area contributed by atoms with Crippen molar-refractivity contribution in [3.05, 3.63) is 63.9 Å². The number of primary sulfonamides is 1. The molecule has 0 spiro atoms. The molecular weight excluding hydrogens is 426 g/mol. The van der Waals surface area contributed by atoms with Crippen LogP contribution in [0.1, 0.15) is 31.2 Å². The van der Waals surface area contributed by atoms with E-state index in [0.717, 1.165) is 40.0 Å². The zero-order valence-corrected chi connectivity index (χ0v) is 18.5. The van der Waals surface area contributed by atoms with E-state index >= 15 is 0 Å². The standard InChI is InChI=1S/C23H25N5O3S/c1-14-6-7-26-13-20(14)21-12-16-11-17(4-2-3-5-19(16)23(24)28-21)27-22(29)10-15-8-18(9-15)32(25,30)31/h4-7,10-13,18H,2-3,8-9H2,1H3,(H2,24,28)(H,27,29)(H2,25,30,31)/b15-10?,16-11-,17-4+,19-5+. The van der Waals surface area contributed by atoms with Crippen molar-refractivity contribution in [2.45, 2.75) is 37.9 Å². The molecule has 32 heavy (non-hydrogen) atoms. The van der Waals surface area contributed by atoms with Crippen LogP contribution in [0.5, 0.6) is 0 Å². The van der Waals surface area contributed by atoms with Crippen molar-refractivity contribution >= 4 is 33.9 Å². The summed E-state index contributed by atoms with van der Waals surface area (Å²) in [5.41, 5.74) is 10.3. The van der Waals surface area contributed by atoms with Gasteiger partial charge in [0.25, 0.3) is 0 Å². The van der Waals surface area contributed by atoms with Crippen molar-refractivity contribution in [3.8, 4) is 11.3 Å². The summed E-state index contributed by atoms with van der Waals surface area (Å²) in [6.45, 7) is 1.99. The van der Waals surface area contributed by atoms with Crippen molar-refractivity contribution in [2.24, 2.45) is 5.14 Å². The average Bonchev–Trinajstić information content (AvgIpc) is 2.66. The van der Waals surface area contributed by atoms with Crippen molar-refractivity contribution in [2.75, 3.05) is 5.73 Å². The van der Waals surface area contributed by atoms with E-state index in [-0.39, 0.29) is 5.91 Å². The smallest absolute Gasteiger partial charge is 0.248 e. The second-order valence-corrected chi connectivity index (χ2v) is 9.93. The van der Waals surface area contributed by atoms with Gasteiger partial charge in [-0.2, -0.15) is 0 Å². The van der Waals surface area contributed by atoms with Gasteiger partial charge in [0.1, 0.15) is 5.82 Å². The molecule has 0 aliphatic heterocycles. The molecule has 2 aromatic heterocycles. The highest BCUT2D eigenvalue weighted by Gasteiger charge is 2.32. The molecule has 8 nitrogen and oxygen atoms in total. The number of fused-ring (bicyclic) bond motifs is 1. The first-order chi connectivity index (χ1) is 15.2. The molecule has 0 unspecified atom stereocenters. The summed E-state index contributed by atoms with van der Waals surface area (Å²) in [5, 5.41) is 9.13. The number of nitrogens with zero attached hydrogens (tertiary/aromatic N) is 2. The van der Waals surface area contributed by atoms with Crippen molar-refractivity contribution in [1.82, 2.24) is 15.3 Å². The van der Waals surface area contributed by atoms with E-state index in [1.807, 2.05) is 37.3 Å². The van der Waals surface area contributed by atoms with Gasteiger partial charge in [0, 0.05) is 34.9 Å². The predicted octanol–water partition coefficient (Wildman–Crippen LogP) is 0.766. The molecule has 166 valence electrons. The van der Waals surface area contributed by atoms with Crippen LogP contribution in [0.2, 0.25) is 0 Å². The Hall–Kier alpha value is -3.30. The Morgan fingerprint density at radius 2 is 2.00 bits per heavy atom. The second-order valence-electron chi connectivity index (χ2n) is 8.08. The fourth-order valence-corrected chi connectivity index (χ4v) is 4.72. The number of carbonyl (C=O) groups excluding carboxylic acids is 1. The molecule has 0 saturated heterocycles. The van der Waals surface area contributed by atoms with E-state index in [9.17, 15) is 13.2 Å². The maximum atomic E-state index is 12.5. The number of allylic oxidation sites excluding steroid dienone is 3. The van der Waals surface area contributed by atoms with Crippen LogP contribution in [0.25, 0.3) is 23.4 Å². The van der Waals surface area contributed by atoms with Crippen LogP contribution in [-0.2, 0) is 14.8 Å². The number of hydrogen-bond acceptors (Lipinski definition) is 6. The van der Waals surface area contributed by atoms with E-state index in [1.165, 1.54) is 6.08 Å². The number of nitrogens with two attached hydrogens (primary N) is 2. The van der Waals surface area contributed by atoms with Gasteiger partial charge in [0.2, 0.25) is 15.9 Å². The van der Waals surface area contributed by atoms with Crippen molar-refractivity contribution in [3.63, 3.8) is 0 Å². The molecule has 0 radical (unpaired) electrons. The number of amides is 1. The Bertz CT molecular complexity index is 1370. The summed E-state index contributed by atoms with van der Waals surface area (Å²) >= 11 is 0. The molecule has 2 aromatic rings. The number of hydrogen-bond donors (Lipinski definition) is 3. The van der Waals surface area contributed by atoms with Gasteiger partial charge in [-0.25, -0.2) is 18.5 Å². The Kier molecular flexibility index (Phi) is 5.94. The summed E-state index contributed by atoms with van der Waals surface area (Å²) in [7, 11) is -3.55. The van der Waals surface area contributed by atoms with Gasteiger partial charge in [0.05, 0.1) is 10.9 Å². The van der Waals surface area contributed by atoms with Crippen LogP contribution in [-0.4, -0.2) is 29.5 Å². The van der Waals surface area contributed by atoms with Crippen molar-refractivity contribution in [1.29, 1.82) is 0 Å². The molecule has 9 heteroatoms. The molecule has 5 N–H and O–H groups in total. The zero-order valence-electron chi connectivity index (χ0n) is 17.7. The highest BCUT2D eigenvalue weighted by Crippen LogP contribution is 2.30. The lowest BCUT2D eigenvalue weighted by Crippen LogP contribution is -2.36. The number of sulfonamides is 1. The zero-order chi connectivity index (χ0) is 22.9. The minimum Gasteiger partial charge on any atom is -0.383 e. The molecule has 2 heterocycles. The largest absolute Gasteiger partial charge is 0.383 e. The molecule has 2 aliphatic rings. The van der Waals surface area contributed by atoms with Crippen LogP contribution in [0.15, 0.2) is 47.9 Å². The normalized spacial score (nSPS) is 21.8. The number of pyridine rings is 2. The first-order valence-electron chi connectivity index (χ1n) is 10.3. The monoisotopic (exact) mass is 451 g/mol. The lowest BCUT2D eigenvalue weighted by Gasteiger charge is -2.26. The summed E-state index contributed by atoms with van der Waals surface area (Å²) < 4.78 is 22.7. The average molecular weight is 452 g/mol. The van der Waals surface area contributed by atoms with Gasteiger partial charge >= 0.3 is 0 Å². The molecule has 0 aromatic carbocycles.